The van der Waals surface area contributed by atoms with Crippen molar-refractivity contribution in [1.29, 1.82) is 0 Å². The Hall–Kier alpha value is -3.02. The SMILES string of the molecule is COc1cc(C(=O)Nc2cccc(C(C)C(=O)O)c2)ccc1OC(C)C. The van der Waals surface area contributed by atoms with Crippen LogP contribution in [0.5, 0.6) is 11.5 Å². The maximum Gasteiger partial charge on any atom is 0.310 e. The molecule has 0 aromatic heterocycles. The molecule has 2 aromatic rings. The number of carbonyl (C=O) groups is 2. The van der Waals surface area contributed by atoms with E-state index in [1.54, 1.807) is 49.4 Å². The molecular weight excluding hydrogens is 334 g/mol. The predicted molar refractivity (Wildman–Crippen MR) is 99.2 cm³/mol. The van der Waals surface area contributed by atoms with Gasteiger partial charge in [0, 0.05) is 11.3 Å². The molecular formula is C20H23NO5. The topological polar surface area (TPSA) is 84.9 Å². The normalized spacial score (nSPS) is 11.7. The largest absolute Gasteiger partial charge is 0.493 e. The molecule has 138 valence electrons. The molecule has 0 saturated heterocycles. The summed E-state index contributed by atoms with van der Waals surface area (Å²) in [6.07, 6.45) is -0.0115. The molecule has 6 nitrogen and oxygen atoms in total. The van der Waals surface area contributed by atoms with E-state index in [1.165, 1.54) is 7.11 Å². The van der Waals surface area contributed by atoms with Gasteiger partial charge >= 0.3 is 5.97 Å². The van der Waals surface area contributed by atoms with Gasteiger partial charge in [0.1, 0.15) is 0 Å². The first-order chi connectivity index (χ1) is 12.3. The van der Waals surface area contributed by atoms with Crippen molar-refractivity contribution in [2.24, 2.45) is 0 Å². The maximum atomic E-state index is 12.5. The molecule has 0 aliphatic heterocycles. The van der Waals surface area contributed by atoms with E-state index in [9.17, 15) is 9.59 Å². The molecule has 2 aromatic carbocycles. The summed E-state index contributed by atoms with van der Waals surface area (Å²) in [5.74, 6) is -0.853. The number of anilines is 1. The first kappa shape index (κ1) is 19.3. The van der Waals surface area contributed by atoms with Gasteiger partial charge in [0.2, 0.25) is 0 Å². The standard InChI is InChI=1S/C20H23NO5/c1-12(2)26-17-9-8-15(11-18(17)25-4)19(22)21-16-7-5-6-14(10-16)13(3)20(23)24/h5-13H,1-4H3,(H,21,22)(H,23,24). The molecule has 6 heteroatoms. The minimum atomic E-state index is -0.918. The Bertz CT molecular complexity index is 801. The van der Waals surface area contributed by atoms with E-state index in [-0.39, 0.29) is 12.0 Å². The van der Waals surface area contributed by atoms with Crippen LogP contribution in [0.4, 0.5) is 5.69 Å². The molecule has 1 atom stereocenters. The highest BCUT2D eigenvalue weighted by Gasteiger charge is 2.15. The van der Waals surface area contributed by atoms with Crippen LogP contribution >= 0.6 is 0 Å². The van der Waals surface area contributed by atoms with Gasteiger partial charge in [-0.15, -0.1) is 0 Å². The fourth-order valence-corrected chi connectivity index (χ4v) is 2.39. The lowest BCUT2D eigenvalue weighted by Gasteiger charge is -2.15. The van der Waals surface area contributed by atoms with Crippen molar-refractivity contribution >= 4 is 17.6 Å². The zero-order valence-corrected chi connectivity index (χ0v) is 15.3. The summed E-state index contributed by atoms with van der Waals surface area (Å²) >= 11 is 0. The van der Waals surface area contributed by atoms with Crippen molar-refractivity contribution in [3.63, 3.8) is 0 Å². The third kappa shape index (κ3) is 4.75. The number of amides is 1. The Morgan fingerprint density at radius 2 is 1.77 bits per heavy atom. The lowest BCUT2D eigenvalue weighted by Crippen LogP contribution is -2.14. The number of carboxylic acids is 1. The van der Waals surface area contributed by atoms with Gasteiger partial charge in [0.25, 0.3) is 5.91 Å². The molecule has 0 heterocycles. The van der Waals surface area contributed by atoms with Crippen molar-refractivity contribution in [1.82, 2.24) is 0 Å². The lowest BCUT2D eigenvalue weighted by atomic mass is 10.0. The van der Waals surface area contributed by atoms with Gasteiger partial charge in [-0.05, 0) is 56.7 Å². The van der Waals surface area contributed by atoms with Gasteiger partial charge in [0.05, 0.1) is 19.1 Å². The number of hydrogen-bond donors (Lipinski definition) is 2. The van der Waals surface area contributed by atoms with Gasteiger partial charge in [-0.3, -0.25) is 9.59 Å². The third-order valence-electron chi connectivity index (χ3n) is 3.80. The van der Waals surface area contributed by atoms with E-state index in [0.29, 0.717) is 28.3 Å². The monoisotopic (exact) mass is 357 g/mol. The molecule has 0 aliphatic carbocycles. The highest BCUT2D eigenvalue weighted by atomic mass is 16.5. The number of rotatable bonds is 7. The summed E-state index contributed by atoms with van der Waals surface area (Å²) in [6, 6.07) is 11.8. The summed E-state index contributed by atoms with van der Waals surface area (Å²) in [7, 11) is 1.51. The smallest absolute Gasteiger partial charge is 0.310 e. The predicted octanol–water partition coefficient (Wildman–Crippen LogP) is 3.92. The molecule has 2 N–H and O–H groups in total. The van der Waals surface area contributed by atoms with Crippen molar-refractivity contribution in [3.05, 3.63) is 53.6 Å². The molecule has 2 rings (SSSR count). The minimum absolute atomic E-state index is 0.0115. The van der Waals surface area contributed by atoms with E-state index in [1.807, 2.05) is 13.8 Å². The molecule has 0 spiro atoms. The maximum absolute atomic E-state index is 12.5. The van der Waals surface area contributed by atoms with Crippen molar-refractivity contribution in [2.45, 2.75) is 32.8 Å². The Morgan fingerprint density at radius 3 is 2.38 bits per heavy atom. The van der Waals surface area contributed by atoms with Crippen LogP contribution in [0, 0.1) is 0 Å². The first-order valence-electron chi connectivity index (χ1n) is 8.30. The van der Waals surface area contributed by atoms with E-state index in [4.69, 9.17) is 14.6 Å². The molecule has 0 bridgehead atoms. The van der Waals surface area contributed by atoms with Crippen LogP contribution < -0.4 is 14.8 Å². The van der Waals surface area contributed by atoms with Gasteiger partial charge in [-0.1, -0.05) is 12.1 Å². The molecule has 26 heavy (non-hydrogen) atoms. The average Bonchev–Trinajstić information content (AvgIpc) is 2.61. The summed E-state index contributed by atoms with van der Waals surface area (Å²) < 4.78 is 10.9. The third-order valence-corrected chi connectivity index (χ3v) is 3.80. The second-order valence-corrected chi connectivity index (χ2v) is 6.17. The number of methoxy groups -OCH3 is 1. The molecule has 0 radical (unpaired) electrons. The van der Waals surface area contributed by atoms with E-state index >= 15 is 0 Å². The Morgan fingerprint density at radius 1 is 1.04 bits per heavy atom. The fraction of sp³-hybridized carbons (Fsp3) is 0.300. The van der Waals surface area contributed by atoms with Crippen molar-refractivity contribution in [2.75, 3.05) is 12.4 Å². The van der Waals surface area contributed by atoms with Crippen molar-refractivity contribution in [3.8, 4) is 11.5 Å². The summed E-state index contributed by atoms with van der Waals surface area (Å²) in [4.78, 5) is 23.6. The van der Waals surface area contributed by atoms with Crippen LogP contribution in [-0.4, -0.2) is 30.2 Å². The second-order valence-electron chi connectivity index (χ2n) is 6.17. The van der Waals surface area contributed by atoms with Crippen LogP contribution in [-0.2, 0) is 4.79 Å². The summed E-state index contributed by atoms with van der Waals surface area (Å²) in [6.45, 7) is 5.41. The van der Waals surface area contributed by atoms with E-state index in [2.05, 4.69) is 5.32 Å². The van der Waals surface area contributed by atoms with Crippen LogP contribution in [0.2, 0.25) is 0 Å². The Labute approximate surface area is 152 Å². The summed E-state index contributed by atoms with van der Waals surface area (Å²) in [5.41, 5.74) is 1.56. The van der Waals surface area contributed by atoms with E-state index in [0.717, 1.165) is 0 Å². The minimum Gasteiger partial charge on any atom is -0.493 e. The zero-order chi connectivity index (χ0) is 19.3. The van der Waals surface area contributed by atoms with Gasteiger partial charge in [0.15, 0.2) is 11.5 Å². The number of aliphatic carboxylic acids is 1. The van der Waals surface area contributed by atoms with Crippen LogP contribution in [0.15, 0.2) is 42.5 Å². The van der Waals surface area contributed by atoms with Crippen LogP contribution in [0.1, 0.15) is 42.6 Å². The van der Waals surface area contributed by atoms with Crippen molar-refractivity contribution < 1.29 is 24.2 Å². The molecule has 0 fully saturated rings. The Balaban J connectivity index is 2.20. The highest BCUT2D eigenvalue weighted by Crippen LogP contribution is 2.29. The first-order valence-corrected chi connectivity index (χ1v) is 8.30. The molecule has 0 aliphatic rings. The Kier molecular flexibility index (Phi) is 6.22. The molecule has 1 amide bonds. The number of hydrogen-bond acceptors (Lipinski definition) is 4. The van der Waals surface area contributed by atoms with Gasteiger partial charge in [-0.25, -0.2) is 0 Å². The van der Waals surface area contributed by atoms with Gasteiger partial charge in [-0.2, -0.15) is 0 Å². The number of carbonyl (C=O) groups excluding carboxylic acids is 1. The zero-order valence-electron chi connectivity index (χ0n) is 15.3. The lowest BCUT2D eigenvalue weighted by molar-refractivity contribution is -0.138. The number of benzene rings is 2. The van der Waals surface area contributed by atoms with E-state index < -0.39 is 11.9 Å². The van der Waals surface area contributed by atoms with Crippen LogP contribution in [0.3, 0.4) is 0 Å². The van der Waals surface area contributed by atoms with Gasteiger partial charge < -0.3 is 19.9 Å². The average molecular weight is 357 g/mol. The molecule has 1 unspecified atom stereocenters. The summed E-state index contributed by atoms with van der Waals surface area (Å²) in [5, 5.41) is 11.9. The second kappa shape index (κ2) is 8.38. The highest BCUT2D eigenvalue weighted by molar-refractivity contribution is 6.04. The fourth-order valence-electron chi connectivity index (χ4n) is 2.39. The molecule has 0 saturated carbocycles. The number of ether oxygens (including phenoxy) is 2. The number of carboxylic acid groups (broad SMARTS) is 1. The quantitative estimate of drug-likeness (QED) is 0.784. The van der Waals surface area contributed by atoms with Crippen LogP contribution in [0.25, 0.3) is 0 Å². The number of nitrogens with one attached hydrogen (secondary N) is 1.